The minimum absolute atomic E-state index is 0.0900. The third kappa shape index (κ3) is 5.50. The lowest BCUT2D eigenvalue weighted by molar-refractivity contribution is -0.113. The Labute approximate surface area is 170 Å². The van der Waals surface area contributed by atoms with Crippen LogP contribution in [0.3, 0.4) is 0 Å². The summed E-state index contributed by atoms with van der Waals surface area (Å²) in [6.07, 6.45) is 5.53. The smallest absolute Gasteiger partial charge is 0.264 e. The van der Waals surface area contributed by atoms with Gasteiger partial charge in [-0.05, 0) is 43.9 Å². The van der Waals surface area contributed by atoms with Crippen molar-refractivity contribution < 1.29 is 4.79 Å². The molecule has 0 spiro atoms. The second kappa shape index (κ2) is 9.29. The first-order valence-corrected chi connectivity index (χ1v) is 10.2. The highest BCUT2D eigenvalue weighted by atomic mass is 35.5. The summed E-state index contributed by atoms with van der Waals surface area (Å²) in [6, 6.07) is 4.86. The molecule has 1 saturated carbocycles. The average molecular weight is 428 g/mol. The van der Waals surface area contributed by atoms with Crippen LogP contribution in [-0.2, 0) is 4.79 Å². The van der Waals surface area contributed by atoms with Crippen molar-refractivity contribution in [2.75, 3.05) is 22.3 Å². The van der Waals surface area contributed by atoms with Gasteiger partial charge >= 0.3 is 0 Å². The van der Waals surface area contributed by atoms with E-state index < -0.39 is 0 Å². The predicted molar refractivity (Wildman–Crippen MR) is 110 cm³/mol. The minimum atomic E-state index is -0.260. The Hall–Kier alpha value is -1.97. The Kier molecular flexibility index (Phi) is 6.81. The van der Waals surface area contributed by atoms with Crippen molar-refractivity contribution in [3.63, 3.8) is 0 Å². The number of aromatic nitrogens is 3. The Morgan fingerprint density at radius 3 is 2.81 bits per heavy atom. The highest BCUT2D eigenvalue weighted by molar-refractivity contribution is 7.99. The molecule has 1 amide bonds. The first-order valence-electron chi connectivity index (χ1n) is 8.42. The van der Waals surface area contributed by atoms with Crippen molar-refractivity contribution in [3.8, 4) is 0 Å². The molecule has 11 heteroatoms. The molecule has 1 fully saturated rings. The minimum Gasteiger partial charge on any atom is -0.334 e. The van der Waals surface area contributed by atoms with Crippen LogP contribution < -0.4 is 16.6 Å². The van der Waals surface area contributed by atoms with E-state index in [1.165, 1.54) is 11.1 Å². The maximum absolute atomic E-state index is 12.1. The van der Waals surface area contributed by atoms with E-state index >= 15 is 0 Å². The molecule has 0 radical (unpaired) electrons. The van der Waals surface area contributed by atoms with Crippen LogP contribution in [0.4, 0.5) is 11.6 Å². The standard InChI is InChI=1S/C16H19Cl2N7OS/c17-10-6-7-12(18)13(8-10)20-14(26)9-27-16-24-23-15(25(16)19)22-21-11-4-2-1-3-5-11/h6-8H,1-5,9,19H2,(H,20,26)(H,22,23). The van der Waals surface area contributed by atoms with E-state index in [4.69, 9.17) is 29.0 Å². The highest BCUT2D eigenvalue weighted by Crippen LogP contribution is 2.26. The number of hydrogen-bond acceptors (Lipinski definition) is 7. The Morgan fingerprint density at radius 1 is 1.26 bits per heavy atom. The van der Waals surface area contributed by atoms with E-state index in [-0.39, 0.29) is 11.7 Å². The third-order valence-electron chi connectivity index (χ3n) is 3.94. The molecular formula is C16H19Cl2N7OS. The molecule has 1 heterocycles. The summed E-state index contributed by atoms with van der Waals surface area (Å²) < 4.78 is 1.27. The zero-order valence-electron chi connectivity index (χ0n) is 14.4. The number of amides is 1. The second-order valence-corrected chi connectivity index (χ2v) is 7.77. The molecule has 8 nitrogen and oxygen atoms in total. The maximum Gasteiger partial charge on any atom is 0.264 e. The molecule has 1 aromatic heterocycles. The second-order valence-electron chi connectivity index (χ2n) is 5.99. The Morgan fingerprint density at radius 2 is 2.04 bits per heavy atom. The lowest BCUT2D eigenvalue weighted by Gasteiger charge is -2.12. The van der Waals surface area contributed by atoms with Crippen LogP contribution in [0.25, 0.3) is 0 Å². The normalized spacial score (nSPS) is 14.1. The third-order valence-corrected chi connectivity index (χ3v) is 5.45. The van der Waals surface area contributed by atoms with Gasteiger partial charge in [0.05, 0.1) is 16.5 Å². The molecule has 0 unspecified atom stereocenters. The molecule has 0 aliphatic heterocycles. The van der Waals surface area contributed by atoms with Crippen molar-refractivity contribution in [2.24, 2.45) is 5.10 Å². The fourth-order valence-corrected chi connectivity index (χ4v) is 3.56. The summed E-state index contributed by atoms with van der Waals surface area (Å²) in [6.45, 7) is 0. The van der Waals surface area contributed by atoms with Crippen LogP contribution in [0.5, 0.6) is 0 Å². The molecule has 1 aliphatic carbocycles. The van der Waals surface area contributed by atoms with Crippen LogP contribution in [0.1, 0.15) is 32.1 Å². The summed E-state index contributed by atoms with van der Waals surface area (Å²) in [7, 11) is 0. The molecule has 0 bridgehead atoms. The lowest BCUT2D eigenvalue weighted by Crippen LogP contribution is -2.17. The molecule has 0 atom stereocenters. The number of anilines is 2. The number of hydrazone groups is 1. The van der Waals surface area contributed by atoms with Gasteiger partial charge in [-0.15, -0.1) is 10.2 Å². The Balaban J connectivity index is 1.54. The Bertz CT molecular complexity index is 847. The SMILES string of the molecule is Nn1c(NN=C2CCCCC2)nnc1SCC(=O)Nc1cc(Cl)ccc1Cl. The van der Waals surface area contributed by atoms with E-state index in [0.717, 1.165) is 43.2 Å². The molecular weight excluding hydrogens is 409 g/mol. The van der Waals surface area contributed by atoms with Gasteiger partial charge in [0.15, 0.2) is 0 Å². The number of nitrogen functional groups attached to an aromatic ring is 1. The summed E-state index contributed by atoms with van der Waals surface area (Å²) in [5.41, 5.74) is 4.41. The van der Waals surface area contributed by atoms with Crippen LogP contribution >= 0.6 is 35.0 Å². The molecule has 1 aromatic carbocycles. The monoisotopic (exact) mass is 427 g/mol. The number of carbonyl (C=O) groups is 1. The van der Waals surface area contributed by atoms with Crippen LogP contribution in [0, 0.1) is 0 Å². The van der Waals surface area contributed by atoms with E-state index in [9.17, 15) is 4.79 Å². The largest absolute Gasteiger partial charge is 0.334 e. The number of hydrogen-bond donors (Lipinski definition) is 3. The zero-order valence-corrected chi connectivity index (χ0v) is 16.7. The lowest BCUT2D eigenvalue weighted by atomic mass is 9.99. The van der Waals surface area contributed by atoms with E-state index in [1.807, 2.05) is 0 Å². The van der Waals surface area contributed by atoms with Crippen molar-refractivity contribution in [1.82, 2.24) is 14.9 Å². The van der Waals surface area contributed by atoms with Gasteiger partial charge in [0.2, 0.25) is 11.1 Å². The summed E-state index contributed by atoms with van der Waals surface area (Å²) in [5.74, 6) is 6.13. The van der Waals surface area contributed by atoms with Gasteiger partial charge in [0.25, 0.3) is 5.95 Å². The van der Waals surface area contributed by atoms with E-state index in [2.05, 4.69) is 26.0 Å². The van der Waals surface area contributed by atoms with Gasteiger partial charge in [-0.3, -0.25) is 4.79 Å². The fraction of sp³-hybridized carbons (Fsp3) is 0.375. The van der Waals surface area contributed by atoms with Crippen molar-refractivity contribution in [1.29, 1.82) is 0 Å². The van der Waals surface area contributed by atoms with Gasteiger partial charge in [-0.25, -0.2) is 10.1 Å². The predicted octanol–water partition coefficient (Wildman–Crippen LogP) is 3.76. The van der Waals surface area contributed by atoms with Crippen molar-refractivity contribution in [3.05, 3.63) is 28.2 Å². The quantitative estimate of drug-likeness (QED) is 0.367. The van der Waals surface area contributed by atoms with Crippen LogP contribution in [0.2, 0.25) is 10.0 Å². The van der Waals surface area contributed by atoms with Gasteiger partial charge in [0, 0.05) is 10.7 Å². The van der Waals surface area contributed by atoms with Gasteiger partial charge in [-0.1, -0.05) is 41.4 Å². The zero-order chi connectivity index (χ0) is 19.2. The maximum atomic E-state index is 12.1. The number of halogens is 2. The first kappa shape index (κ1) is 19.8. The number of benzene rings is 1. The van der Waals surface area contributed by atoms with Gasteiger partial charge in [0.1, 0.15) is 0 Å². The molecule has 1 aliphatic rings. The molecule has 0 saturated heterocycles. The van der Waals surface area contributed by atoms with Gasteiger partial charge in [-0.2, -0.15) is 5.10 Å². The highest BCUT2D eigenvalue weighted by Gasteiger charge is 2.14. The van der Waals surface area contributed by atoms with E-state index in [1.54, 1.807) is 18.2 Å². The first-order chi connectivity index (χ1) is 13.0. The number of thioether (sulfide) groups is 1. The number of carbonyl (C=O) groups excluding carboxylic acids is 1. The summed E-state index contributed by atoms with van der Waals surface area (Å²) in [5, 5.41) is 16.3. The fourth-order valence-electron chi connectivity index (χ4n) is 2.56. The summed E-state index contributed by atoms with van der Waals surface area (Å²) in [4.78, 5) is 12.1. The molecule has 2 aromatic rings. The van der Waals surface area contributed by atoms with Crippen LogP contribution in [0.15, 0.2) is 28.5 Å². The number of nitrogens with zero attached hydrogens (tertiary/aromatic N) is 4. The topological polar surface area (TPSA) is 110 Å². The molecule has 27 heavy (non-hydrogen) atoms. The number of nitrogens with two attached hydrogens (primary N) is 1. The van der Waals surface area contributed by atoms with Crippen molar-refractivity contribution in [2.45, 2.75) is 37.3 Å². The van der Waals surface area contributed by atoms with E-state index in [0.29, 0.717) is 26.8 Å². The molecule has 3 rings (SSSR count). The van der Waals surface area contributed by atoms with Crippen molar-refractivity contribution >= 4 is 58.2 Å². The summed E-state index contributed by atoms with van der Waals surface area (Å²) >= 11 is 13.1. The number of rotatable bonds is 6. The van der Waals surface area contributed by atoms with Gasteiger partial charge < -0.3 is 11.2 Å². The average Bonchev–Trinajstić information content (AvgIpc) is 3.02. The number of nitrogens with one attached hydrogen (secondary N) is 2. The molecule has 4 N–H and O–H groups in total. The van der Waals surface area contributed by atoms with Crippen LogP contribution in [-0.4, -0.2) is 32.2 Å². The molecule has 144 valence electrons.